The third-order valence-corrected chi connectivity index (χ3v) is 4.47. The smallest absolute Gasteiger partial charge is 0.250 e. The van der Waals surface area contributed by atoms with Crippen LogP contribution in [0.1, 0.15) is 39.0 Å². The van der Waals surface area contributed by atoms with Crippen molar-refractivity contribution in [3.63, 3.8) is 0 Å². The molecule has 0 aromatic carbocycles. The van der Waals surface area contributed by atoms with E-state index in [1.54, 1.807) is 11.8 Å². The van der Waals surface area contributed by atoms with Crippen LogP contribution in [0.3, 0.4) is 0 Å². The van der Waals surface area contributed by atoms with Gasteiger partial charge in [-0.3, -0.25) is 4.79 Å². The Bertz CT molecular complexity index is 268. The number of aliphatic hydroxyl groups excluding tert-OH is 1. The molecule has 1 aliphatic carbocycles. The minimum atomic E-state index is -1.08. The molecule has 0 aliphatic heterocycles. The molecule has 0 heterocycles. The average molecular weight is 274 g/mol. The highest BCUT2D eigenvalue weighted by atomic mass is 32.2. The van der Waals surface area contributed by atoms with Crippen LogP contribution in [0.2, 0.25) is 0 Å². The van der Waals surface area contributed by atoms with E-state index in [-0.39, 0.29) is 11.3 Å². The van der Waals surface area contributed by atoms with Crippen molar-refractivity contribution in [2.45, 2.75) is 51.2 Å². The van der Waals surface area contributed by atoms with Crippen LogP contribution < -0.4 is 11.1 Å². The number of amides is 1. The number of carbonyl (C=O) groups excluding carboxylic acids is 1. The Morgan fingerprint density at radius 2 is 2.11 bits per heavy atom. The molecule has 1 aliphatic rings. The van der Waals surface area contributed by atoms with Crippen molar-refractivity contribution in [1.82, 2.24) is 5.32 Å². The van der Waals surface area contributed by atoms with Crippen LogP contribution in [0.4, 0.5) is 0 Å². The molecule has 1 amide bonds. The number of hydrogen-bond acceptors (Lipinski definition) is 4. The summed E-state index contributed by atoms with van der Waals surface area (Å²) in [5.41, 5.74) is 6.00. The zero-order valence-electron chi connectivity index (χ0n) is 11.4. The van der Waals surface area contributed by atoms with E-state index in [9.17, 15) is 9.90 Å². The molecule has 5 heteroatoms. The van der Waals surface area contributed by atoms with Crippen molar-refractivity contribution in [3.05, 3.63) is 0 Å². The highest BCUT2D eigenvalue weighted by Crippen LogP contribution is 2.36. The first-order chi connectivity index (χ1) is 8.48. The Balaban J connectivity index is 2.30. The Morgan fingerprint density at radius 1 is 1.50 bits per heavy atom. The van der Waals surface area contributed by atoms with Crippen molar-refractivity contribution in [2.24, 2.45) is 11.1 Å². The van der Waals surface area contributed by atoms with E-state index in [0.717, 1.165) is 18.6 Å². The van der Waals surface area contributed by atoms with Gasteiger partial charge < -0.3 is 16.2 Å². The molecule has 0 saturated heterocycles. The normalized spacial score (nSPS) is 21.6. The topological polar surface area (TPSA) is 75.3 Å². The lowest BCUT2D eigenvalue weighted by Crippen LogP contribution is -2.48. The molecule has 4 N–H and O–H groups in total. The standard InChI is InChI=1S/C13H26N2O2S/c1-13(6-3-4-7-13)9-15-12(17)11(16)10(14)5-8-18-2/h10-11,16H,3-9,14H2,1-2H3,(H,15,17)/t10-,11?/m0/s1. The first-order valence-electron chi connectivity index (χ1n) is 6.69. The van der Waals surface area contributed by atoms with Crippen LogP contribution in [-0.2, 0) is 4.79 Å². The van der Waals surface area contributed by atoms with Gasteiger partial charge in [0.2, 0.25) is 5.91 Å². The summed E-state index contributed by atoms with van der Waals surface area (Å²) in [6.45, 7) is 2.85. The molecule has 1 rings (SSSR count). The van der Waals surface area contributed by atoms with Crippen molar-refractivity contribution in [3.8, 4) is 0 Å². The van der Waals surface area contributed by atoms with Crippen molar-refractivity contribution in [2.75, 3.05) is 18.6 Å². The van der Waals surface area contributed by atoms with E-state index in [1.165, 1.54) is 12.8 Å². The Hall–Kier alpha value is -0.260. The summed E-state index contributed by atoms with van der Waals surface area (Å²) in [6, 6.07) is -0.464. The maximum Gasteiger partial charge on any atom is 0.250 e. The minimum Gasteiger partial charge on any atom is -0.382 e. The highest BCUT2D eigenvalue weighted by Gasteiger charge is 2.30. The largest absolute Gasteiger partial charge is 0.382 e. The Morgan fingerprint density at radius 3 is 2.67 bits per heavy atom. The molecular weight excluding hydrogens is 248 g/mol. The van der Waals surface area contributed by atoms with Crippen molar-refractivity contribution in [1.29, 1.82) is 0 Å². The lowest BCUT2D eigenvalue weighted by Gasteiger charge is -2.25. The number of carbonyl (C=O) groups is 1. The van der Waals surface area contributed by atoms with Crippen LogP contribution in [0, 0.1) is 5.41 Å². The number of aliphatic hydroxyl groups is 1. The summed E-state index contributed by atoms with van der Waals surface area (Å²) in [7, 11) is 0. The van der Waals surface area contributed by atoms with Gasteiger partial charge in [-0.1, -0.05) is 19.8 Å². The molecule has 0 radical (unpaired) electrons. The molecule has 2 atom stereocenters. The number of nitrogens with two attached hydrogens (primary N) is 1. The molecular formula is C13H26N2O2S. The van der Waals surface area contributed by atoms with E-state index in [4.69, 9.17) is 5.73 Å². The van der Waals surface area contributed by atoms with Gasteiger partial charge in [-0.25, -0.2) is 0 Å². The van der Waals surface area contributed by atoms with Gasteiger partial charge in [0.25, 0.3) is 0 Å². The molecule has 0 spiro atoms. The fraction of sp³-hybridized carbons (Fsp3) is 0.923. The summed E-state index contributed by atoms with van der Waals surface area (Å²) in [5.74, 6) is 0.542. The van der Waals surface area contributed by atoms with Crippen LogP contribution in [-0.4, -0.2) is 41.7 Å². The zero-order chi connectivity index (χ0) is 13.6. The Labute approximate surface area is 114 Å². The molecule has 1 saturated carbocycles. The van der Waals surface area contributed by atoms with Gasteiger partial charge in [-0.05, 0) is 36.7 Å². The predicted molar refractivity (Wildman–Crippen MR) is 76.6 cm³/mol. The van der Waals surface area contributed by atoms with Crippen molar-refractivity contribution < 1.29 is 9.90 Å². The van der Waals surface area contributed by atoms with Gasteiger partial charge in [-0.2, -0.15) is 11.8 Å². The van der Waals surface area contributed by atoms with E-state index in [1.807, 2.05) is 6.26 Å². The van der Waals surface area contributed by atoms with Crippen LogP contribution in [0.5, 0.6) is 0 Å². The summed E-state index contributed by atoms with van der Waals surface area (Å²) in [4.78, 5) is 11.8. The molecule has 0 bridgehead atoms. The molecule has 4 nitrogen and oxygen atoms in total. The van der Waals surface area contributed by atoms with Gasteiger partial charge in [0.15, 0.2) is 0 Å². The minimum absolute atomic E-state index is 0.207. The van der Waals surface area contributed by atoms with E-state index < -0.39 is 12.1 Å². The lowest BCUT2D eigenvalue weighted by molar-refractivity contribution is -0.130. The maximum absolute atomic E-state index is 11.8. The number of nitrogens with one attached hydrogen (secondary N) is 1. The van der Waals surface area contributed by atoms with Gasteiger partial charge in [-0.15, -0.1) is 0 Å². The summed E-state index contributed by atoms with van der Waals surface area (Å²) in [5, 5.41) is 12.7. The Kier molecular flexibility index (Phi) is 6.46. The van der Waals surface area contributed by atoms with Crippen molar-refractivity contribution >= 4 is 17.7 Å². The van der Waals surface area contributed by atoms with Crippen LogP contribution in [0.25, 0.3) is 0 Å². The zero-order valence-corrected chi connectivity index (χ0v) is 12.3. The first-order valence-corrected chi connectivity index (χ1v) is 8.08. The second-order valence-electron chi connectivity index (χ2n) is 5.63. The molecule has 1 fully saturated rings. The fourth-order valence-corrected chi connectivity index (χ4v) is 2.92. The second kappa shape index (κ2) is 7.36. The van der Waals surface area contributed by atoms with Crippen LogP contribution in [0.15, 0.2) is 0 Å². The molecule has 18 heavy (non-hydrogen) atoms. The number of hydrogen-bond donors (Lipinski definition) is 3. The summed E-state index contributed by atoms with van der Waals surface area (Å²) >= 11 is 1.67. The maximum atomic E-state index is 11.8. The van der Waals surface area contributed by atoms with Gasteiger partial charge in [0.05, 0.1) is 0 Å². The molecule has 1 unspecified atom stereocenters. The highest BCUT2D eigenvalue weighted by molar-refractivity contribution is 7.98. The predicted octanol–water partition coefficient (Wildman–Crippen LogP) is 1.12. The van der Waals surface area contributed by atoms with Gasteiger partial charge >= 0.3 is 0 Å². The molecule has 0 aromatic heterocycles. The number of rotatable bonds is 7. The SMILES string of the molecule is CSCC[C@H](N)C(O)C(=O)NCC1(C)CCCC1. The quantitative estimate of drug-likeness (QED) is 0.650. The van der Waals surface area contributed by atoms with E-state index >= 15 is 0 Å². The van der Waals surface area contributed by atoms with E-state index in [0.29, 0.717) is 13.0 Å². The average Bonchev–Trinajstić information content (AvgIpc) is 2.79. The summed E-state index contributed by atoms with van der Waals surface area (Å²) < 4.78 is 0. The molecule has 0 aromatic rings. The fourth-order valence-electron chi connectivity index (χ4n) is 2.42. The monoisotopic (exact) mass is 274 g/mol. The van der Waals surface area contributed by atoms with E-state index in [2.05, 4.69) is 12.2 Å². The number of thioether (sulfide) groups is 1. The van der Waals surface area contributed by atoms with Gasteiger partial charge in [0.1, 0.15) is 6.10 Å². The third-order valence-electron chi connectivity index (χ3n) is 3.83. The molecule has 106 valence electrons. The lowest BCUT2D eigenvalue weighted by atomic mass is 9.89. The van der Waals surface area contributed by atoms with Crippen LogP contribution >= 0.6 is 11.8 Å². The third kappa shape index (κ3) is 4.78. The first kappa shape index (κ1) is 15.8. The second-order valence-corrected chi connectivity index (χ2v) is 6.61. The van der Waals surface area contributed by atoms with Gasteiger partial charge in [0, 0.05) is 12.6 Å². The summed E-state index contributed by atoms with van der Waals surface area (Å²) in [6.07, 6.45) is 6.35.